The summed E-state index contributed by atoms with van der Waals surface area (Å²) in [5.41, 5.74) is -0.850. The Kier molecular flexibility index (Phi) is 4.52. The molecule has 1 aliphatic carbocycles. The number of hydrogen-bond donors (Lipinski definition) is 3. The first-order chi connectivity index (χ1) is 9.43. The van der Waals surface area contributed by atoms with Gasteiger partial charge in [-0.05, 0) is 33.1 Å². The van der Waals surface area contributed by atoms with E-state index >= 15 is 0 Å². The molecule has 4 atom stereocenters. The molecule has 0 aromatic carbocycles. The van der Waals surface area contributed by atoms with Gasteiger partial charge in [-0.1, -0.05) is 6.42 Å². The molecule has 4 unspecified atom stereocenters. The van der Waals surface area contributed by atoms with Crippen LogP contribution in [0.2, 0.25) is 0 Å². The Morgan fingerprint density at radius 2 is 2.15 bits per heavy atom. The van der Waals surface area contributed by atoms with Crippen molar-refractivity contribution in [2.24, 2.45) is 11.3 Å². The normalized spacial score (nSPS) is 34.7. The molecule has 0 spiro atoms. The fourth-order valence-corrected chi connectivity index (χ4v) is 3.13. The maximum Gasteiger partial charge on any atom is 0.315 e. The zero-order chi connectivity index (χ0) is 14.8. The van der Waals surface area contributed by atoms with Crippen molar-refractivity contribution in [1.29, 1.82) is 0 Å². The number of nitrogens with one attached hydrogen (secondary N) is 2. The smallest absolute Gasteiger partial charge is 0.315 e. The van der Waals surface area contributed by atoms with Crippen molar-refractivity contribution in [2.75, 3.05) is 13.2 Å². The van der Waals surface area contributed by atoms with E-state index in [1.165, 1.54) is 0 Å². The minimum absolute atomic E-state index is 0.0370. The van der Waals surface area contributed by atoms with Crippen molar-refractivity contribution < 1.29 is 19.4 Å². The molecule has 3 N–H and O–H groups in total. The molecule has 2 rings (SSSR count). The molecule has 1 saturated heterocycles. The van der Waals surface area contributed by atoms with Crippen LogP contribution in [-0.2, 0) is 9.53 Å². The highest BCUT2D eigenvalue weighted by molar-refractivity contribution is 5.79. The molecule has 0 radical (unpaired) electrons. The van der Waals surface area contributed by atoms with Gasteiger partial charge in [0.2, 0.25) is 0 Å². The first kappa shape index (κ1) is 15.1. The van der Waals surface area contributed by atoms with Gasteiger partial charge >= 0.3 is 12.0 Å². The Morgan fingerprint density at radius 3 is 2.75 bits per heavy atom. The third kappa shape index (κ3) is 3.06. The van der Waals surface area contributed by atoms with Crippen molar-refractivity contribution in [2.45, 2.75) is 51.6 Å². The summed E-state index contributed by atoms with van der Waals surface area (Å²) < 4.78 is 5.31. The highest BCUT2D eigenvalue weighted by atomic mass is 16.5. The summed E-state index contributed by atoms with van der Waals surface area (Å²) in [7, 11) is 0. The lowest BCUT2D eigenvalue weighted by Gasteiger charge is -2.29. The minimum atomic E-state index is -0.850. The molecule has 2 fully saturated rings. The second-order valence-electron chi connectivity index (χ2n) is 6.20. The largest absolute Gasteiger partial charge is 0.481 e. The number of hydrogen-bond acceptors (Lipinski definition) is 3. The molecule has 0 bridgehead atoms. The number of rotatable bonds is 4. The lowest BCUT2D eigenvalue weighted by atomic mass is 9.85. The van der Waals surface area contributed by atoms with E-state index in [4.69, 9.17) is 4.74 Å². The monoisotopic (exact) mass is 284 g/mol. The summed E-state index contributed by atoms with van der Waals surface area (Å²) in [6, 6.07) is -0.536. The molecule has 0 aromatic rings. The number of urea groups is 1. The zero-order valence-corrected chi connectivity index (χ0v) is 12.1. The van der Waals surface area contributed by atoms with Crippen LogP contribution in [0.4, 0.5) is 4.79 Å². The summed E-state index contributed by atoms with van der Waals surface area (Å²) in [5.74, 6) is -0.493. The number of aliphatic carboxylic acids is 1. The third-order valence-corrected chi connectivity index (χ3v) is 4.78. The topological polar surface area (TPSA) is 87.7 Å². The van der Waals surface area contributed by atoms with Crippen molar-refractivity contribution >= 4 is 12.0 Å². The van der Waals surface area contributed by atoms with Crippen LogP contribution in [0.5, 0.6) is 0 Å². The van der Waals surface area contributed by atoms with Crippen LogP contribution in [0.15, 0.2) is 0 Å². The minimum Gasteiger partial charge on any atom is -0.481 e. The quantitative estimate of drug-likeness (QED) is 0.727. The summed E-state index contributed by atoms with van der Waals surface area (Å²) in [4.78, 5) is 23.4. The van der Waals surface area contributed by atoms with E-state index in [9.17, 15) is 14.7 Å². The van der Waals surface area contributed by atoms with Gasteiger partial charge in [-0.25, -0.2) is 4.79 Å². The molecule has 1 heterocycles. The van der Waals surface area contributed by atoms with Crippen LogP contribution in [0, 0.1) is 11.3 Å². The maximum atomic E-state index is 12.0. The van der Waals surface area contributed by atoms with Crippen LogP contribution >= 0.6 is 0 Å². The summed E-state index contributed by atoms with van der Waals surface area (Å²) >= 11 is 0. The maximum absolute atomic E-state index is 12.0. The average molecular weight is 284 g/mol. The van der Waals surface area contributed by atoms with E-state index in [0.29, 0.717) is 18.9 Å². The van der Waals surface area contributed by atoms with Gasteiger partial charge < -0.3 is 20.5 Å². The summed E-state index contributed by atoms with van der Waals surface area (Å²) in [6.45, 7) is 5.10. The number of ether oxygens (including phenoxy) is 1. The number of carboxylic acids is 1. The Balaban J connectivity index is 1.86. The number of carbonyl (C=O) groups is 2. The Labute approximate surface area is 119 Å². The van der Waals surface area contributed by atoms with Crippen LogP contribution in [0.1, 0.15) is 39.5 Å². The Hall–Kier alpha value is -1.30. The lowest BCUT2D eigenvalue weighted by molar-refractivity contribution is -0.148. The van der Waals surface area contributed by atoms with Crippen LogP contribution in [0.25, 0.3) is 0 Å². The third-order valence-electron chi connectivity index (χ3n) is 4.78. The van der Waals surface area contributed by atoms with Gasteiger partial charge in [0.15, 0.2) is 0 Å². The molecule has 2 amide bonds. The molecule has 114 valence electrons. The van der Waals surface area contributed by atoms with Gasteiger partial charge in [0.05, 0.1) is 12.0 Å². The molecule has 1 saturated carbocycles. The second kappa shape index (κ2) is 5.99. The molecule has 6 heteroatoms. The second-order valence-corrected chi connectivity index (χ2v) is 6.20. The summed E-state index contributed by atoms with van der Waals surface area (Å²) in [6.07, 6.45) is 3.12. The first-order valence-corrected chi connectivity index (χ1v) is 7.31. The fourth-order valence-electron chi connectivity index (χ4n) is 3.13. The standard InChI is InChI=1S/C14H24N2O4/c1-9(10-5-7-20-8-10)15-13(19)16-11-4-3-6-14(11,2)12(17)18/h9-11H,3-8H2,1-2H3,(H,17,18)(H2,15,16,19). The van der Waals surface area contributed by atoms with Crippen molar-refractivity contribution in [3.8, 4) is 0 Å². The number of carbonyl (C=O) groups excluding carboxylic acids is 1. The molecule has 20 heavy (non-hydrogen) atoms. The number of amides is 2. The predicted molar refractivity (Wildman–Crippen MR) is 73.4 cm³/mol. The van der Waals surface area contributed by atoms with Crippen molar-refractivity contribution in [1.82, 2.24) is 10.6 Å². The van der Waals surface area contributed by atoms with Gasteiger partial charge in [0.25, 0.3) is 0 Å². The lowest BCUT2D eigenvalue weighted by Crippen LogP contribution is -2.52. The zero-order valence-electron chi connectivity index (χ0n) is 12.1. The molecule has 0 aromatic heterocycles. The van der Waals surface area contributed by atoms with Gasteiger partial charge in [-0.3, -0.25) is 4.79 Å². The molecule has 1 aliphatic heterocycles. The van der Waals surface area contributed by atoms with Gasteiger partial charge in [0.1, 0.15) is 0 Å². The van der Waals surface area contributed by atoms with E-state index < -0.39 is 11.4 Å². The Bertz CT molecular complexity index is 381. The Morgan fingerprint density at radius 1 is 1.40 bits per heavy atom. The van der Waals surface area contributed by atoms with E-state index in [1.807, 2.05) is 6.92 Å². The SMILES string of the molecule is CC(NC(=O)NC1CCCC1(C)C(=O)O)C1CCOC1. The van der Waals surface area contributed by atoms with Crippen LogP contribution in [0.3, 0.4) is 0 Å². The van der Waals surface area contributed by atoms with E-state index in [-0.39, 0.29) is 18.1 Å². The number of carboxylic acid groups (broad SMARTS) is 1. The van der Waals surface area contributed by atoms with E-state index in [0.717, 1.165) is 25.9 Å². The molecular weight excluding hydrogens is 260 g/mol. The highest BCUT2D eigenvalue weighted by Crippen LogP contribution is 2.38. The average Bonchev–Trinajstić information content (AvgIpc) is 3.00. The van der Waals surface area contributed by atoms with Crippen molar-refractivity contribution in [3.63, 3.8) is 0 Å². The summed E-state index contributed by atoms with van der Waals surface area (Å²) in [5, 5.41) is 15.1. The van der Waals surface area contributed by atoms with Gasteiger partial charge in [-0.15, -0.1) is 0 Å². The van der Waals surface area contributed by atoms with E-state index in [1.54, 1.807) is 6.92 Å². The van der Waals surface area contributed by atoms with E-state index in [2.05, 4.69) is 10.6 Å². The van der Waals surface area contributed by atoms with Crippen molar-refractivity contribution in [3.05, 3.63) is 0 Å². The van der Waals surface area contributed by atoms with Crippen LogP contribution in [-0.4, -0.2) is 42.4 Å². The predicted octanol–water partition coefficient (Wildman–Crippen LogP) is 1.35. The first-order valence-electron chi connectivity index (χ1n) is 7.31. The van der Waals surface area contributed by atoms with Gasteiger partial charge in [-0.2, -0.15) is 0 Å². The highest BCUT2D eigenvalue weighted by Gasteiger charge is 2.46. The molecule has 2 aliphatic rings. The van der Waals surface area contributed by atoms with Crippen LogP contribution < -0.4 is 10.6 Å². The molecule has 6 nitrogen and oxygen atoms in total. The fraction of sp³-hybridized carbons (Fsp3) is 0.857. The molecular formula is C14H24N2O4. The van der Waals surface area contributed by atoms with Gasteiger partial charge in [0, 0.05) is 24.6 Å².